The predicted molar refractivity (Wildman–Crippen MR) is 144 cm³/mol. The first-order valence-electron chi connectivity index (χ1n) is 12.2. The Kier molecular flexibility index (Phi) is 11.3. The number of halogens is 1. The number of hydrogen-bond acceptors (Lipinski definition) is 8. The van der Waals surface area contributed by atoms with Crippen LogP contribution in [0, 0.1) is 5.82 Å². The Morgan fingerprint density at radius 1 is 0.692 bits per heavy atom. The van der Waals surface area contributed by atoms with Gasteiger partial charge in [-0.05, 0) is 58.4 Å². The van der Waals surface area contributed by atoms with Crippen molar-refractivity contribution in [3.05, 3.63) is 77.7 Å². The Morgan fingerprint density at radius 2 is 1.10 bits per heavy atom. The molecule has 208 valence electrons. The molecule has 0 aliphatic rings. The Labute approximate surface area is 227 Å². The maximum Gasteiger partial charge on any atom is 0.338 e. The monoisotopic (exact) mass is 540 g/mol. The number of ether oxygens (including phenoxy) is 5. The predicted octanol–water partition coefficient (Wildman–Crippen LogP) is 6.01. The van der Waals surface area contributed by atoms with Crippen LogP contribution >= 0.6 is 0 Å². The Morgan fingerprint density at radius 3 is 1.51 bits per heavy atom. The summed E-state index contributed by atoms with van der Waals surface area (Å²) in [5, 5.41) is 0. The van der Waals surface area contributed by atoms with Crippen molar-refractivity contribution in [1.82, 2.24) is 0 Å². The normalized spacial score (nSPS) is 10.5. The van der Waals surface area contributed by atoms with Crippen LogP contribution in [-0.2, 0) is 37.1 Å². The Balaban J connectivity index is 2.77. The second-order valence-electron chi connectivity index (χ2n) is 8.69. The summed E-state index contributed by atoms with van der Waals surface area (Å²) >= 11 is 0. The topological polar surface area (TPSA) is 97.4 Å². The molecule has 0 aliphatic heterocycles. The highest BCUT2D eigenvalue weighted by molar-refractivity contribution is 5.92. The van der Waals surface area contributed by atoms with Gasteiger partial charge in [0.25, 0.3) is 0 Å². The molecule has 0 aliphatic carbocycles. The van der Waals surface area contributed by atoms with E-state index in [0.29, 0.717) is 29.9 Å². The average molecular weight is 541 g/mol. The highest BCUT2D eigenvalue weighted by atomic mass is 19.1. The van der Waals surface area contributed by atoms with E-state index in [2.05, 4.69) is 19.7 Å². The third kappa shape index (κ3) is 8.46. The maximum atomic E-state index is 15.5. The molecule has 0 bridgehead atoms. The van der Waals surface area contributed by atoms with E-state index in [1.807, 2.05) is 0 Å². The summed E-state index contributed by atoms with van der Waals surface area (Å²) in [6.45, 7) is 19.5. The molecule has 2 aromatic carbocycles. The molecule has 2 aromatic rings. The molecule has 0 fully saturated rings. The Bertz CT molecular complexity index is 1280. The van der Waals surface area contributed by atoms with E-state index in [0.717, 1.165) is 6.07 Å². The summed E-state index contributed by atoms with van der Waals surface area (Å²) in [6.07, 6.45) is 0. The van der Waals surface area contributed by atoms with Gasteiger partial charge >= 0.3 is 17.9 Å². The first-order valence-corrected chi connectivity index (χ1v) is 12.2. The third-order valence-electron chi connectivity index (χ3n) is 5.16. The third-order valence-corrected chi connectivity index (χ3v) is 5.16. The van der Waals surface area contributed by atoms with Crippen molar-refractivity contribution in [2.24, 2.45) is 0 Å². The minimum atomic E-state index is -0.823. The van der Waals surface area contributed by atoms with Crippen molar-refractivity contribution in [3.63, 3.8) is 0 Å². The first-order chi connectivity index (χ1) is 18.4. The smallest absolute Gasteiger partial charge is 0.338 e. The van der Waals surface area contributed by atoms with Gasteiger partial charge in [0.2, 0.25) is 0 Å². The number of hydrogen-bond donors (Lipinski definition) is 0. The molecule has 8 nitrogen and oxygen atoms in total. The van der Waals surface area contributed by atoms with Crippen molar-refractivity contribution >= 4 is 17.9 Å². The highest BCUT2D eigenvalue weighted by Crippen LogP contribution is 2.39. The fourth-order valence-electron chi connectivity index (χ4n) is 3.15. The summed E-state index contributed by atoms with van der Waals surface area (Å²) in [5.74, 6) is -3.32. The van der Waals surface area contributed by atoms with Crippen molar-refractivity contribution in [1.29, 1.82) is 0 Å². The van der Waals surface area contributed by atoms with Crippen LogP contribution < -0.4 is 14.2 Å². The van der Waals surface area contributed by atoms with Crippen molar-refractivity contribution < 1.29 is 42.5 Å². The molecule has 0 spiro atoms. The SMILES string of the molecule is C=C(C)C(=O)Oc1cc(F)c(-c2cc(COCC)c(OC(=O)C(=C)C)c(COCC)c2)cc1OC(=O)C(=C)C. The molecular formula is C30H33FO8. The minimum absolute atomic E-state index is 0.0166. The van der Waals surface area contributed by atoms with Gasteiger partial charge < -0.3 is 23.7 Å². The minimum Gasteiger partial charge on any atom is -0.422 e. The van der Waals surface area contributed by atoms with E-state index in [-0.39, 0.29) is 52.7 Å². The van der Waals surface area contributed by atoms with E-state index in [4.69, 9.17) is 23.7 Å². The first kappa shape index (κ1) is 31.1. The molecule has 0 N–H and O–H groups in total. The number of carbonyl (C=O) groups is 3. The largest absolute Gasteiger partial charge is 0.422 e. The van der Waals surface area contributed by atoms with E-state index in [9.17, 15) is 14.4 Å². The van der Waals surface area contributed by atoms with Crippen LogP contribution in [0.15, 0.2) is 60.7 Å². The fraction of sp³-hybridized carbons (Fsp3) is 0.300. The van der Waals surface area contributed by atoms with Crippen LogP contribution in [0.3, 0.4) is 0 Å². The van der Waals surface area contributed by atoms with Gasteiger partial charge in [0.15, 0.2) is 11.5 Å². The van der Waals surface area contributed by atoms with Crippen LogP contribution in [0.25, 0.3) is 11.1 Å². The zero-order chi connectivity index (χ0) is 29.3. The molecule has 0 aromatic heterocycles. The second kappa shape index (κ2) is 14.2. The lowest BCUT2D eigenvalue weighted by Crippen LogP contribution is -2.14. The van der Waals surface area contributed by atoms with Crippen molar-refractivity contribution in [2.45, 2.75) is 47.8 Å². The summed E-state index contributed by atoms with van der Waals surface area (Å²) < 4.78 is 42.8. The van der Waals surface area contributed by atoms with Crippen LogP contribution in [0.1, 0.15) is 45.7 Å². The number of esters is 3. The van der Waals surface area contributed by atoms with Crippen LogP contribution in [0.5, 0.6) is 17.2 Å². The molecule has 39 heavy (non-hydrogen) atoms. The summed E-state index contributed by atoms with van der Waals surface area (Å²) in [4.78, 5) is 36.8. The second-order valence-corrected chi connectivity index (χ2v) is 8.69. The van der Waals surface area contributed by atoms with Crippen LogP contribution in [0.2, 0.25) is 0 Å². The van der Waals surface area contributed by atoms with E-state index in [1.54, 1.807) is 26.0 Å². The lowest BCUT2D eigenvalue weighted by molar-refractivity contribution is -0.132. The molecule has 0 heterocycles. The van der Waals surface area contributed by atoms with Gasteiger partial charge in [0.1, 0.15) is 11.6 Å². The standard InChI is InChI=1S/C30H33FO8/c1-9-35-15-21-11-20(12-22(16-36-10-2)27(21)39-30(34)19(7)8)23-13-25(37-28(32)17(3)4)26(14-24(23)31)38-29(33)18(5)6/h11-14H,3,5,7,9-10,15-16H2,1-2,4,6,8H3. The summed E-state index contributed by atoms with van der Waals surface area (Å²) in [7, 11) is 0. The van der Waals surface area contributed by atoms with Gasteiger partial charge in [-0.15, -0.1) is 0 Å². The molecule has 0 unspecified atom stereocenters. The van der Waals surface area contributed by atoms with Gasteiger partial charge in [0.05, 0.1) is 13.2 Å². The number of carbonyl (C=O) groups excluding carboxylic acids is 3. The van der Waals surface area contributed by atoms with E-state index < -0.39 is 23.7 Å². The average Bonchev–Trinajstić information content (AvgIpc) is 2.87. The van der Waals surface area contributed by atoms with E-state index in [1.165, 1.54) is 26.8 Å². The lowest BCUT2D eigenvalue weighted by atomic mass is 9.98. The molecule has 0 atom stereocenters. The zero-order valence-electron chi connectivity index (χ0n) is 22.9. The molecule has 0 saturated heterocycles. The van der Waals surface area contributed by atoms with Crippen LogP contribution in [0.4, 0.5) is 4.39 Å². The molecule has 0 amide bonds. The van der Waals surface area contributed by atoms with Gasteiger partial charge in [-0.25, -0.2) is 18.8 Å². The van der Waals surface area contributed by atoms with Gasteiger partial charge in [0, 0.05) is 52.7 Å². The molecular weight excluding hydrogens is 507 g/mol. The summed E-state index contributed by atoms with van der Waals surface area (Å²) in [5.41, 5.74) is 1.61. The molecule has 2 rings (SSSR count). The maximum absolute atomic E-state index is 15.5. The number of rotatable bonds is 13. The molecule has 0 saturated carbocycles. The highest BCUT2D eigenvalue weighted by Gasteiger charge is 2.23. The zero-order valence-corrected chi connectivity index (χ0v) is 22.9. The Hall–Kier alpha value is -4.08. The van der Waals surface area contributed by atoms with E-state index >= 15 is 4.39 Å². The van der Waals surface area contributed by atoms with Gasteiger partial charge in [-0.2, -0.15) is 0 Å². The lowest BCUT2D eigenvalue weighted by Gasteiger charge is -2.18. The number of benzene rings is 2. The van der Waals surface area contributed by atoms with Crippen molar-refractivity contribution in [2.75, 3.05) is 13.2 Å². The molecule has 0 radical (unpaired) electrons. The summed E-state index contributed by atoms with van der Waals surface area (Å²) in [6, 6.07) is 5.36. The van der Waals surface area contributed by atoms with Crippen LogP contribution in [-0.4, -0.2) is 31.1 Å². The molecule has 9 heteroatoms. The fourth-order valence-corrected chi connectivity index (χ4v) is 3.15. The van der Waals surface area contributed by atoms with Gasteiger partial charge in [-0.3, -0.25) is 0 Å². The van der Waals surface area contributed by atoms with Crippen molar-refractivity contribution in [3.8, 4) is 28.4 Å². The van der Waals surface area contributed by atoms with Gasteiger partial charge in [-0.1, -0.05) is 19.7 Å². The quantitative estimate of drug-likeness (QED) is 0.173.